The number of carbonyl (C=O) groups excluding carboxylic acids is 1. The van der Waals surface area contributed by atoms with Crippen molar-refractivity contribution in [3.63, 3.8) is 0 Å². The van der Waals surface area contributed by atoms with E-state index in [1.807, 2.05) is 0 Å². The summed E-state index contributed by atoms with van der Waals surface area (Å²) in [4.78, 5) is 27.0. The van der Waals surface area contributed by atoms with Crippen molar-refractivity contribution in [2.24, 2.45) is 5.41 Å². The Kier molecular flexibility index (Phi) is 4.82. The molecule has 0 amide bonds. The fourth-order valence-corrected chi connectivity index (χ4v) is 2.59. The van der Waals surface area contributed by atoms with Crippen molar-refractivity contribution >= 4 is 18.0 Å². The van der Waals surface area contributed by atoms with E-state index in [1.54, 1.807) is 6.92 Å². The Hall–Kier alpha value is -2.05. The standard InChI is InChI=1S/C14H20N2O5/c1-2-20-11(17)10-8-21-13(16-10)15-9-14(12(18)19)6-4-3-5-7-14/h8H,2-7,9H2,1H3,(H,15,16)(H,18,19). The lowest BCUT2D eigenvalue weighted by Gasteiger charge is -2.32. The Morgan fingerprint density at radius 3 is 2.76 bits per heavy atom. The molecule has 0 unspecified atom stereocenters. The summed E-state index contributed by atoms with van der Waals surface area (Å²) in [6.45, 7) is 2.21. The van der Waals surface area contributed by atoms with E-state index in [2.05, 4.69) is 10.3 Å². The summed E-state index contributed by atoms with van der Waals surface area (Å²) < 4.78 is 9.94. The molecular formula is C14H20N2O5. The van der Waals surface area contributed by atoms with E-state index in [-0.39, 0.29) is 24.9 Å². The molecule has 0 atom stereocenters. The van der Waals surface area contributed by atoms with Gasteiger partial charge in [-0.1, -0.05) is 19.3 Å². The van der Waals surface area contributed by atoms with Gasteiger partial charge in [0.2, 0.25) is 0 Å². The summed E-state index contributed by atoms with van der Waals surface area (Å²) in [6, 6.07) is 0.143. The van der Waals surface area contributed by atoms with Gasteiger partial charge in [-0.05, 0) is 19.8 Å². The van der Waals surface area contributed by atoms with Crippen LogP contribution in [0.1, 0.15) is 49.5 Å². The molecule has 0 saturated heterocycles. The number of anilines is 1. The quantitative estimate of drug-likeness (QED) is 0.776. The van der Waals surface area contributed by atoms with Gasteiger partial charge in [0.15, 0.2) is 5.69 Å². The number of hydrogen-bond donors (Lipinski definition) is 2. The van der Waals surface area contributed by atoms with E-state index >= 15 is 0 Å². The minimum Gasteiger partial charge on any atom is -0.481 e. The SMILES string of the molecule is CCOC(=O)c1coc(NCC2(C(=O)O)CCCCC2)n1. The number of esters is 1. The third kappa shape index (κ3) is 3.53. The minimum atomic E-state index is -0.799. The average Bonchev–Trinajstić information content (AvgIpc) is 2.95. The van der Waals surface area contributed by atoms with Crippen LogP contribution in [-0.4, -0.2) is 35.2 Å². The maximum absolute atomic E-state index is 11.5. The van der Waals surface area contributed by atoms with Gasteiger partial charge >= 0.3 is 11.9 Å². The first-order valence-corrected chi connectivity index (χ1v) is 7.17. The van der Waals surface area contributed by atoms with Crippen LogP contribution in [0.2, 0.25) is 0 Å². The molecule has 0 aromatic carbocycles. The Morgan fingerprint density at radius 1 is 1.43 bits per heavy atom. The molecule has 1 fully saturated rings. The van der Waals surface area contributed by atoms with Crippen molar-refractivity contribution < 1.29 is 23.8 Å². The number of nitrogens with zero attached hydrogens (tertiary/aromatic N) is 1. The number of carboxylic acids is 1. The zero-order chi connectivity index (χ0) is 15.3. The lowest BCUT2D eigenvalue weighted by Crippen LogP contribution is -2.39. The van der Waals surface area contributed by atoms with Gasteiger partial charge in [-0.25, -0.2) is 4.79 Å². The first-order valence-electron chi connectivity index (χ1n) is 7.17. The number of nitrogens with one attached hydrogen (secondary N) is 1. The summed E-state index contributed by atoms with van der Waals surface area (Å²) in [5.41, 5.74) is -0.705. The zero-order valence-electron chi connectivity index (χ0n) is 12.1. The molecule has 1 saturated carbocycles. The summed E-state index contributed by atoms with van der Waals surface area (Å²) in [5, 5.41) is 12.4. The van der Waals surface area contributed by atoms with E-state index in [0.717, 1.165) is 19.3 Å². The maximum atomic E-state index is 11.5. The smallest absolute Gasteiger partial charge is 0.360 e. The molecule has 1 aliphatic carbocycles. The van der Waals surface area contributed by atoms with Crippen LogP contribution >= 0.6 is 0 Å². The highest BCUT2D eigenvalue weighted by Crippen LogP contribution is 2.36. The van der Waals surface area contributed by atoms with Crippen LogP contribution < -0.4 is 5.32 Å². The van der Waals surface area contributed by atoms with E-state index in [4.69, 9.17) is 9.15 Å². The lowest BCUT2D eigenvalue weighted by atomic mass is 9.74. The number of hydrogen-bond acceptors (Lipinski definition) is 6. The number of rotatable bonds is 6. The Morgan fingerprint density at radius 2 is 2.14 bits per heavy atom. The molecule has 2 rings (SSSR count). The van der Waals surface area contributed by atoms with Gasteiger partial charge in [-0.15, -0.1) is 0 Å². The number of oxazole rings is 1. The van der Waals surface area contributed by atoms with Gasteiger partial charge < -0.3 is 19.6 Å². The highest BCUT2D eigenvalue weighted by Gasteiger charge is 2.39. The van der Waals surface area contributed by atoms with Crippen LogP contribution in [0.15, 0.2) is 10.7 Å². The molecule has 7 heteroatoms. The molecule has 0 spiro atoms. The van der Waals surface area contributed by atoms with E-state index in [0.29, 0.717) is 12.8 Å². The van der Waals surface area contributed by atoms with Crippen LogP contribution in [0.4, 0.5) is 6.01 Å². The van der Waals surface area contributed by atoms with Gasteiger partial charge in [0.25, 0.3) is 6.01 Å². The van der Waals surface area contributed by atoms with E-state index in [1.165, 1.54) is 6.26 Å². The van der Waals surface area contributed by atoms with Crippen LogP contribution in [0.5, 0.6) is 0 Å². The zero-order valence-corrected chi connectivity index (χ0v) is 12.1. The molecule has 0 bridgehead atoms. The molecule has 1 heterocycles. The second kappa shape index (κ2) is 6.60. The Bertz CT molecular complexity index is 505. The van der Waals surface area contributed by atoms with Crippen molar-refractivity contribution in [3.05, 3.63) is 12.0 Å². The van der Waals surface area contributed by atoms with E-state index < -0.39 is 17.4 Å². The number of carbonyl (C=O) groups is 2. The van der Waals surface area contributed by atoms with Crippen LogP contribution in [0.3, 0.4) is 0 Å². The van der Waals surface area contributed by atoms with Gasteiger partial charge in [0, 0.05) is 6.54 Å². The van der Waals surface area contributed by atoms with Gasteiger partial charge in [-0.2, -0.15) is 4.98 Å². The Labute approximate surface area is 122 Å². The number of aliphatic carboxylic acids is 1. The van der Waals surface area contributed by atoms with Crippen molar-refractivity contribution in [3.8, 4) is 0 Å². The maximum Gasteiger partial charge on any atom is 0.360 e. The topological polar surface area (TPSA) is 102 Å². The van der Waals surface area contributed by atoms with Crippen LogP contribution in [-0.2, 0) is 9.53 Å². The molecule has 2 N–H and O–H groups in total. The molecule has 21 heavy (non-hydrogen) atoms. The summed E-state index contributed by atoms with van der Waals surface area (Å²) >= 11 is 0. The summed E-state index contributed by atoms with van der Waals surface area (Å²) in [5.74, 6) is -1.35. The number of carboxylic acid groups (broad SMARTS) is 1. The molecule has 0 radical (unpaired) electrons. The molecule has 1 aliphatic rings. The predicted octanol–water partition coefficient (Wildman–Crippen LogP) is 2.30. The van der Waals surface area contributed by atoms with Crippen LogP contribution in [0, 0.1) is 5.41 Å². The third-order valence-corrected chi connectivity index (χ3v) is 3.83. The highest BCUT2D eigenvalue weighted by atomic mass is 16.5. The second-order valence-electron chi connectivity index (χ2n) is 5.26. The average molecular weight is 296 g/mol. The second-order valence-corrected chi connectivity index (χ2v) is 5.26. The van der Waals surface area contributed by atoms with Crippen molar-refractivity contribution in [2.75, 3.05) is 18.5 Å². The van der Waals surface area contributed by atoms with Gasteiger partial charge in [0.1, 0.15) is 6.26 Å². The fraction of sp³-hybridized carbons (Fsp3) is 0.643. The third-order valence-electron chi connectivity index (χ3n) is 3.83. The van der Waals surface area contributed by atoms with Crippen molar-refractivity contribution in [2.45, 2.75) is 39.0 Å². The lowest BCUT2D eigenvalue weighted by molar-refractivity contribution is -0.150. The Balaban J connectivity index is 1.98. The summed E-state index contributed by atoms with van der Waals surface area (Å²) in [7, 11) is 0. The van der Waals surface area contributed by atoms with Gasteiger partial charge in [-0.3, -0.25) is 4.79 Å². The first-order chi connectivity index (χ1) is 10.1. The van der Waals surface area contributed by atoms with Gasteiger partial charge in [0.05, 0.1) is 12.0 Å². The summed E-state index contributed by atoms with van der Waals surface area (Å²) in [6.07, 6.45) is 5.37. The fourth-order valence-electron chi connectivity index (χ4n) is 2.59. The largest absolute Gasteiger partial charge is 0.481 e. The molecule has 7 nitrogen and oxygen atoms in total. The predicted molar refractivity (Wildman–Crippen MR) is 74.1 cm³/mol. The molecule has 0 aliphatic heterocycles. The van der Waals surface area contributed by atoms with Crippen LogP contribution in [0.25, 0.3) is 0 Å². The van der Waals surface area contributed by atoms with E-state index in [9.17, 15) is 14.7 Å². The molecule has 1 aromatic heterocycles. The highest BCUT2D eigenvalue weighted by molar-refractivity contribution is 5.87. The first kappa shape index (κ1) is 15.3. The minimum absolute atomic E-state index is 0.0763. The normalized spacial score (nSPS) is 17.2. The number of aromatic nitrogens is 1. The molecule has 1 aromatic rings. The monoisotopic (exact) mass is 296 g/mol. The van der Waals surface area contributed by atoms with Crippen molar-refractivity contribution in [1.29, 1.82) is 0 Å². The molecule has 116 valence electrons. The molecular weight excluding hydrogens is 276 g/mol. The van der Waals surface area contributed by atoms with Crippen molar-refractivity contribution in [1.82, 2.24) is 4.98 Å². The number of ether oxygens (including phenoxy) is 1.